The largest absolute Gasteiger partial charge is 0.360 e. The van der Waals surface area contributed by atoms with Gasteiger partial charge in [-0.05, 0) is 30.5 Å². The minimum Gasteiger partial charge on any atom is -0.360 e. The number of aromatic nitrogens is 1. The Labute approximate surface area is 98.7 Å². The quantitative estimate of drug-likeness (QED) is 0.801. The van der Waals surface area contributed by atoms with Crippen molar-refractivity contribution < 1.29 is 0 Å². The van der Waals surface area contributed by atoms with Crippen LogP contribution >= 0.6 is 0 Å². The number of unbranched alkanes of at least 4 members (excludes halogenated alkanes) is 1. The maximum Gasteiger partial charge on any atom is 0.128 e. The fraction of sp³-hybridized carbons (Fsp3) is 0.615. The summed E-state index contributed by atoms with van der Waals surface area (Å²) in [5.74, 6) is 1.05. The van der Waals surface area contributed by atoms with Crippen molar-refractivity contribution in [2.75, 3.05) is 18.5 Å². The number of rotatable bonds is 6. The summed E-state index contributed by atoms with van der Waals surface area (Å²) in [5, 5.41) is 0. The van der Waals surface area contributed by atoms with E-state index < -0.39 is 0 Å². The van der Waals surface area contributed by atoms with E-state index in [0.717, 1.165) is 24.5 Å². The number of hydrogen-bond acceptors (Lipinski definition) is 3. The molecule has 0 saturated heterocycles. The molecule has 0 unspecified atom stereocenters. The summed E-state index contributed by atoms with van der Waals surface area (Å²) in [4.78, 5) is 6.83. The van der Waals surface area contributed by atoms with Crippen molar-refractivity contribution in [3.8, 4) is 0 Å². The summed E-state index contributed by atoms with van der Waals surface area (Å²) in [6, 6.07) is 4.19. The van der Waals surface area contributed by atoms with E-state index in [0.29, 0.717) is 6.54 Å². The van der Waals surface area contributed by atoms with Gasteiger partial charge in [-0.25, -0.2) is 4.98 Å². The molecule has 0 aliphatic rings. The Morgan fingerprint density at radius 3 is 2.62 bits per heavy atom. The zero-order chi connectivity index (χ0) is 12.0. The molecule has 1 aromatic heterocycles. The van der Waals surface area contributed by atoms with E-state index in [4.69, 9.17) is 5.73 Å². The van der Waals surface area contributed by atoms with E-state index in [1.807, 2.05) is 0 Å². The third-order valence-corrected chi connectivity index (χ3v) is 2.76. The van der Waals surface area contributed by atoms with Gasteiger partial charge in [0.1, 0.15) is 5.82 Å². The van der Waals surface area contributed by atoms with Crippen LogP contribution in [0.5, 0.6) is 0 Å². The Hall–Kier alpha value is -1.09. The molecule has 0 atom stereocenters. The molecule has 3 nitrogen and oxygen atoms in total. The molecule has 16 heavy (non-hydrogen) atoms. The Kier molecular flexibility index (Phi) is 5.26. The van der Waals surface area contributed by atoms with Crippen LogP contribution in [0.1, 0.15) is 37.9 Å². The number of nitrogens with two attached hydrogens (primary N) is 1. The van der Waals surface area contributed by atoms with Gasteiger partial charge in [-0.2, -0.15) is 0 Å². The molecule has 0 bridgehead atoms. The van der Waals surface area contributed by atoms with Gasteiger partial charge in [-0.1, -0.05) is 20.3 Å². The molecule has 0 radical (unpaired) electrons. The number of anilines is 1. The highest BCUT2D eigenvalue weighted by Gasteiger charge is 2.05. The lowest BCUT2D eigenvalue weighted by atomic mass is 10.2. The zero-order valence-corrected chi connectivity index (χ0v) is 10.7. The highest BCUT2D eigenvalue weighted by Crippen LogP contribution is 2.14. The van der Waals surface area contributed by atoms with Gasteiger partial charge in [-0.15, -0.1) is 0 Å². The summed E-state index contributed by atoms with van der Waals surface area (Å²) in [6.45, 7) is 5.97. The van der Waals surface area contributed by atoms with Crippen molar-refractivity contribution in [2.45, 2.75) is 39.7 Å². The second kappa shape index (κ2) is 6.48. The third kappa shape index (κ3) is 3.49. The topological polar surface area (TPSA) is 42.1 Å². The van der Waals surface area contributed by atoms with Crippen LogP contribution in [0.2, 0.25) is 0 Å². The monoisotopic (exact) mass is 221 g/mol. The summed E-state index contributed by atoms with van der Waals surface area (Å²) in [7, 11) is 2.09. The summed E-state index contributed by atoms with van der Waals surface area (Å²) in [5.41, 5.74) is 7.99. The molecule has 3 heteroatoms. The predicted molar refractivity (Wildman–Crippen MR) is 69.7 cm³/mol. The van der Waals surface area contributed by atoms with Crippen molar-refractivity contribution in [1.29, 1.82) is 0 Å². The molecule has 0 aliphatic heterocycles. The van der Waals surface area contributed by atoms with Gasteiger partial charge in [0.25, 0.3) is 0 Å². The van der Waals surface area contributed by atoms with E-state index in [1.165, 1.54) is 18.4 Å². The second-order valence-corrected chi connectivity index (χ2v) is 4.16. The van der Waals surface area contributed by atoms with Crippen LogP contribution in [0.25, 0.3) is 0 Å². The molecular weight excluding hydrogens is 198 g/mol. The van der Waals surface area contributed by atoms with E-state index in [9.17, 15) is 0 Å². The molecule has 0 aliphatic carbocycles. The number of pyridine rings is 1. The average molecular weight is 221 g/mol. The van der Waals surface area contributed by atoms with Gasteiger partial charge in [-0.3, -0.25) is 0 Å². The SMILES string of the molecule is CCCCN(C)c1cc(CN)cc(CC)n1. The van der Waals surface area contributed by atoms with Gasteiger partial charge >= 0.3 is 0 Å². The lowest BCUT2D eigenvalue weighted by Crippen LogP contribution is -2.20. The highest BCUT2D eigenvalue weighted by atomic mass is 15.2. The Bertz CT molecular complexity index is 301. The summed E-state index contributed by atoms with van der Waals surface area (Å²) >= 11 is 0. The van der Waals surface area contributed by atoms with Crippen LogP contribution in [0.3, 0.4) is 0 Å². The molecule has 1 heterocycles. The second-order valence-electron chi connectivity index (χ2n) is 4.16. The summed E-state index contributed by atoms with van der Waals surface area (Å²) < 4.78 is 0. The highest BCUT2D eigenvalue weighted by molar-refractivity contribution is 5.42. The van der Waals surface area contributed by atoms with Crippen LogP contribution in [-0.4, -0.2) is 18.6 Å². The van der Waals surface area contributed by atoms with Crippen LogP contribution in [0.15, 0.2) is 12.1 Å². The summed E-state index contributed by atoms with van der Waals surface area (Å²) in [6.07, 6.45) is 3.37. The molecule has 1 rings (SSSR count). The number of aryl methyl sites for hydroxylation is 1. The molecule has 0 fully saturated rings. The van der Waals surface area contributed by atoms with Crippen molar-refractivity contribution in [2.24, 2.45) is 5.73 Å². The Morgan fingerprint density at radius 2 is 2.06 bits per heavy atom. The molecule has 2 N–H and O–H groups in total. The van der Waals surface area contributed by atoms with Crippen LogP contribution in [0, 0.1) is 0 Å². The van der Waals surface area contributed by atoms with E-state index in [1.54, 1.807) is 0 Å². The molecule has 90 valence electrons. The van der Waals surface area contributed by atoms with E-state index >= 15 is 0 Å². The molecule has 0 amide bonds. The first-order valence-electron chi connectivity index (χ1n) is 6.12. The van der Waals surface area contributed by atoms with Gasteiger partial charge in [0, 0.05) is 25.8 Å². The van der Waals surface area contributed by atoms with Crippen molar-refractivity contribution in [3.63, 3.8) is 0 Å². The maximum absolute atomic E-state index is 5.70. The first-order valence-corrected chi connectivity index (χ1v) is 6.12. The van der Waals surface area contributed by atoms with Gasteiger partial charge < -0.3 is 10.6 Å². The smallest absolute Gasteiger partial charge is 0.128 e. The third-order valence-electron chi connectivity index (χ3n) is 2.76. The Balaban J connectivity index is 2.85. The number of nitrogens with zero attached hydrogens (tertiary/aromatic N) is 2. The lowest BCUT2D eigenvalue weighted by Gasteiger charge is -2.19. The van der Waals surface area contributed by atoms with Crippen molar-refractivity contribution >= 4 is 5.82 Å². The lowest BCUT2D eigenvalue weighted by molar-refractivity contribution is 0.756. The minimum absolute atomic E-state index is 0.587. The molecule has 1 aromatic rings. The zero-order valence-electron chi connectivity index (χ0n) is 10.7. The first kappa shape index (κ1) is 13.0. The first-order chi connectivity index (χ1) is 7.71. The van der Waals surface area contributed by atoms with Crippen molar-refractivity contribution in [1.82, 2.24) is 4.98 Å². The van der Waals surface area contributed by atoms with Crippen molar-refractivity contribution in [3.05, 3.63) is 23.4 Å². The molecular formula is C13H23N3. The van der Waals surface area contributed by atoms with Gasteiger partial charge in [0.05, 0.1) is 0 Å². The van der Waals surface area contributed by atoms with Crippen LogP contribution < -0.4 is 10.6 Å². The average Bonchev–Trinajstić information content (AvgIpc) is 2.35. The minimum atomic E-state index is 0.587. The van der Waals surface area contributed by atoms with E-state index in [-0.39, 0.29) is 0 Å². The van der Waals surface area contributed by atoms with Crippen LogP contribution in [-0.2, 0) is 13.0 Å². The fourth-order valence-corrected chi connectivity index (χ4v) is 1.64. The fourth-order valence-electron chi connectivity index (χ4n) is 1.64. The van der Waals surface area contributed by atoms with Gasteiger partial charge in [0.15, 0.2) is 0 Å². The number of hydrogen-bond donors (Lipinski definition) is 1. The standard InChI is InChI=1S/C13H23N3/c1-4-6-7-16(3)13-9-11(10-14)8-12(5-2)15-13/h8-9H,4-7,10,14H2,1-3H3. The molecule has 0 spiro atoms. The maximum atomic E-state index is 5.70. The van der Waals surface area contributed by atoms with Crippen LogP contribution in [0.4, 0.5) is 5.82 Å². The van der Waals surface area contributed by atoms with E-state index in [2.05, 4.69) is 42.9 Å². The molecule has 0 saturated carbocycles. The predicted octanol–water partition coefficient (Wildman–Crippen LogP) is 2.34. The normalized spacial score (nSPS) is 10.5. The molecule has 0 aromatic carbocycles. The Morgan fingerprint density at radius 1 is 1.31 bits per heavy atom. The van der Waals surface area contributed by atoms with Gasteiger partial charge in [0.2, 0.25) is 0 Å².